The van der Waals surface area contributed by atoms with Gasteiger partial charge in [-0.05, 0) is 68.4 Å². The molecule has 4 heteroatoms. The van der Waals surface area contributed by atoms with Gasteiger partial charge in [-0.25, -0.2) is 15.0 Å². The number of benzene rings is 8. The van der Waals surface area contributed by atoms with Crippen molar-refractivity contribution in [3.05, 3.63) is 188 Å². The van der Waals surface area contributed by atoms with Gasteiger partial charge in [0.2, 0.25) is 0 Å². The Balaban J connectivity index is 1.02. The predicted molar refractivity (Wildman–Crippen MR) is 217 cm³/mol. The van der Waals surface area contributed by atoms with Crippen molar-refractivity contribution in [2.75, 3.05) is 0 Å². The molecule has 0 saturated heterocycles. The lowest BCUT2D eigenvalue weighted by atomic mass is 9.97. The molecule has 0 amide bonds. The van der Waals surface area contributed by atoms with E-state index in [1.165, 1.54) is 21.9 Å². The molecule has 0 aliphatic heterocycles. The lowest BCUT2D eigenvalue weighted by Crippen LogP contribution is -2.00. The number of aromatic nitrogens is 3. The third-order valence-electron chi connectivity index (χ3n) is 9.93. The molecule has 0 saturated carbocycles. The van der Waals surface area contributed by atoms with Gasteiger partial charge in [-0.1, -0.05) is 164 Å². The van der Waals surface area contributed by atoms with Crippen LogP contribution in [0.1, 0.15) is 0 Å². The number of fused-ring (bicyclic) bond motifs is 4. The number of furan rings is 1. The summed E-state index contributed by atoms with van der Waals surface area (Å²) in [6, 6.07) is 65.2. The lowest BCUT2D eigenvalue weighted by molar-refractivity contribution is 0.669. The topological polar surface area (TPSA) is 51.8 Å². The van der Waals surface area contributed by atoms with E-state index >= 15 is 0 Å². The van der Waals surface area contributed by atoms with Gasteiger partial charge in [0, 0.05) is 27.5 Å². The van der Waals surface area contributed by atoms with E-state index in [-0.39, 0.29) is 0 Å². The molecule has 0 N–H and O–H groups in total. The van der Waals surface area contributed by atoms with Crippen molar-refractivity contribution in [2.45, 2.75) is 0 Å². The van der Waals surface area contributed by atoms with E-state index in [4.69, 9.17) is 19.4 Å². The number of nitrogens with zero attached hydrogens (tertiary/aromatic N) is 3. The smallest absolute Gasteiger partial charge is 0.164 e. The number of hydrogen-bond acceptors (Lipinski definition) is 4. The molecule has 0 bridgehead atoms. The summed E-state index contributed by atoms with van der Waals surface area (Å²) in [4.78, 5) is 15.0. The van der Waals surface area contributed by atoms with Gasteiger partial charge < -0.3 is 4.42 Å². The van der Waals surface area contributed by atoms with Gasteiger partial charge in [-0.3, -0.25) is 0 Å². The molecule has 2 heterocycles. The normalized spacial score (nSPS) is 11.4. The molecule has 0 fully saturated rings. The molecule has 0 radical (unpaired) electrons. The van der Waals surface area contributed by atoms with Crippen LogP contribution in [0.15, 0.2) is 192 Å². The highest BCUT2D eigenvalue weighted by molar-refractivity contribution is 6.15. The average Bonchev–Trinajstić information content (AvgIpc) is 3.61. The second-order valence-corrected chi connectivity index (χ2v) is 13.3. The van der Waals surface area contributed by atoms with E-state index in [2.05, 4.69) is 146 Å². The summed E-state index contributed by atoms with van der Waals surface area (Å²) in [5, 5.41) is 4.59. The largest absolute Gasteiger partial charge is 0.456 e. The minimum atomic E-state index is 0.624. The van der Waals surface area contributed by atoms with Crippen LogP contribution in [0.4, 0.5) is 0 Å². The Labute approximate surface area is 306 Å². The summed E-state index contributed by atoms with van der Waals surface area (Å²) >= 11 is 0. The summed E-state index contributed by atoms with van der Waals surface area (Å²) in [5.41, 5.74) is 11.5. The van der Waals surface area contributed by atoms with E-state index in [1.54, 1.807) is 0 Å². The Morgan fingerprint density at radius 2 is 0.755 bits per heavy atom. The van der Waals surface area contributed by atoms with Gasteiger partial charge in [0.05, 0.1) is 0 Å². The fourth-order valence-corrected chi connectivity index (χ4v) is 7.22. The van der Waals surface area contributed by atoms with Crippen LogP contribution >= 0.6 is 0 Å². The Hall–Kier alpha value is -7.17. The fourth-order valence-electron chi connectivity index (χ4n) is 7.22. The molecule has 0 aliphatic carbocycles. The van der Waals surface area contributed by atoms with Crippen LogP contribution < -0.4 is 0 Å². The summed E-state index contributed by atoms with van der Waals surface area (Å²) in [6.45, 7) is 0. The van der Waals surface area contributed by atoms with E-state index in [0.717, 1.165) is 60.9 Å². The fraction of sp³-hybridized carbons (Fsp3) is 0. The van der Waals surface area contributed by atoms with Gasteiger partial charge in [0.25, 0.3) is 0 Å². The molecule has 10 aromatic rings. The van der Waals surface area contributed by atoms with Gasteiger partial charge in [-0.15, -0.1) is 0 Å². The second-order valence-electron chi connectivity index (χ2n) is 13.3. The first-order valence-corrected chi connectivity index (χ1v) is 17.8. The zero-order chi connectivity index (χ0) is 35.1. The highest BCUT2D eigenvalue weighted by Crippen LogP contribution is 2.39. The Bertz CT molecular complexity index is 2910. The lowest BCUT2D eigenvalue weighted by Gasteiger charge is -2.10. The summed E-state index contributed by atoms with van der Waals surface area (Å²) in [5.74, 6) is 1.89. The van der Waals surface area contributed by atoms with Crippen molar-refractivity contribution < 1.29 is 4.42 Å². The molecule has 53 heavy (non-hydrogen) atoms. The monoisotopic (exact) mass is 677 g/mol. The minimum absolute atomic E-state index is 0.624. The molecule has 0 spiro atoms. The maximum Gasteiger partial charge on any atom is 0.164 e. The predicted octanol–water partition coefficient (Wildman–Crippen LogP) is 12.9. The van der Waals surface area contributed by atoms with E-state index < -0.39 is 0 Å². The SMILES string of the molecule is c1ccc(-c2cccc(-c3ccc(-c4nc(-c5ccccc5)nc(-c5ccc(-c6cccc7oc8cc9ccccc9cc8c67)cc5)n4)cc3)c2)cc1. The summed E-state index contributed by atoms with van der Waals surface area (Å²) in [6.07, 6.45) is 0. The summed E-state index contributed by atoms with van der Waals surface area (Å²) < 4.78 is 6.36. The van der Waals surface area contributed by atoms with Crippen molar-refractivity contribution in [3.63, 3.8) is 0 Å². The van der Waals surface area contributed by atoms with Crippen LogP contribution in [0.3, 0.4) is 0 Å². The molecular weight excluding hydrogens is 647 g/mol. The second kappa shape index (κ2) is 12.9. The molecule has 0 aliphatic rings. The standard InChI is InChI=1S/C49H31N3O/c1-3-11-32(12-4-1)38-17-9-18-39(29-38)33-21-25-36(26-22-33)48-50-47(35-13-5-2-6-14-35)51-49(52-48)37-27-23-34(24-28-37)42-19-10-20-44-46(42)43-30-40-15-7-8-16-41(40)31-45(43)53-44/h1-31H. The Morgan fingerprint density at radius 3 is 1.38 bits per heavy atom. The van der Waals surface area contributed by atoms with Crippen molar-refractivity contribution >= 4 is 32.7 Å². The van der Waals surface area contributed by atoms with Crippen molar-refractivity contribution in [2.24, 2.45) is 0 Å². The average molecular weight is 678 g/mol. The molecular formula is C49H31N3O. The number of rotatable bonds is 6. The zero-order valence-electron chi connectivity index (χ0n) is 28.6. The molecule has 248 valence electrons. The Morgan fingerprint density at radius 1 is 0.302 bits per heavy atom. The van der Waals surface area contributed by atoms with Gasteiger partial charge in [0.1, 0.15) is 11.2 Å². The first kappa shape index (κ1) is 30.6. The molecule has 0 atom stereocenters. The van der Waals surface area contributed by atoms with Crippen molar-refractivity contribution in [3.8, 4) is 67.5 Å². The van der Waals surface area contributed by atoms with E-state index in [9.17, 15) is 0 Å². The summed E-state index contributed by atoms with van der Waals surface area (Å²) in [7, 11) is 0. The maximum atomic E-state index is 6.36. The molecule has 4 nitrogen and oxygen atoms in total. The van der Waals surface area contributed by atoms with E-state index in [0.29, 0.717) is 17.5 Å². The van der Waals surface area contributed by atoms with Crippen molar-refractivity contribution in [1.29, 1.82) is 0 Å². The molecule has 2 aromatic heterocycles. The van der Waals surface area contributed by atoms with Crippen molar-refractivity contribution in [1.82, 2.24) is 15.0 Å². The van der Waals surface area contributed by atoms with Crippen LogP contribution in [-0.4, -0.2) is 15.0 Å². The van der Waals surface area contributed by atoms with Gasteiger partial charge in [-0.2, -0.15) is 0 Å². The third kappa shape index (κ3) is 5.73. The quantitative estimate of drug-likeness (QED) is 0.176. The first-order chi connectivity index (χ1) is 26.2. The van der Waals surface area contributed by atoms with E-state index in [1.807, 2.05) is 42.5 Å². The van der Waals surface area contributed by atoms with Crippen LogP contribution in [0, 0.1) is 0 Å². The van der Waals surface area contributed by atoms with Gasteiger partial charge in [0.15, 0.2) is 17.5 Å². The van der Waals surface area contributed by atoms with Crippen LogP contribution in [0.25, 0.3) is 100 Å². The van der Waals surface area contributed by atoms with Crippen LogP contribution in [-0.2, 0) is 0 Å². The number of hydrogen-bond donors (Lipinski definition) is 0. The zero-order valence-corrected chi connectivity index (χ0v) is 28.6. The molecule has 8 aromatic carbocycles. The third-order valence-corrected chi connectivity index (χ3v) is 9.93. The maximum absolute atomic E-state index is 6.36. The molecule has 0 unspecified atom stereocenters. The first-order valence-electron chi connectivity index (χ1n) is 17.8. The Kier molecular flexibility index (Phi) is 7.43. The minimum Gasteiger partial charge on any atom is -0.456 e. The highest BCUT2D eigenvalue weighted by Gasteiger charge is 2.16. The molecule has 10 rings (SSSR count). The van der Waals surface area contributed by atoms with Crippen LogP contribution in [0.5, 0.6) is 0 Å². The van der Waals surface area contributed by atoms with Crippen LogP contribution in [0.2, 0.25) is 0 Å². The van der Waals surface area contributed by atoms with Gasteiger partial charge >= 0.3 is 0 Å². The highest BCUT2D eigenvalue weighted by atomic mass is 16.3.